The molecule has 3 nitrogen and oxygen atoms in total. The number of rotatable bonds is 3. The summed E-state index contributed by atoms with van der Waals surface area (Å²) in [5.74, 6) is 5.94. The number of ether oxygens (including phenoxy) is 1. The maximum absolute atomic E-state index is 10.8. The lowest BCUT2D eigenvalue weighted by Gasteiger charge is -2.21. The van der Waals surface area contributed by atoms with Gasteiger partial charge in [0.15, 0.2) is 6.10 Å². The van der Waals surface area contributed by atoms with E-state index in [1.807, 2.05) is 6.92 Å². The fourth-order valence-corrected chi connectivity index (χ4v) is 1.93. The lowest BCUT2D eigenvalue weighted by atomic mass is 10.1. The molecule has 1 atom stereocenters. The van der Waals surface area contributed by atoms with E-state index in [-0.39, 0.29) is 12.1 Å². The Labute approximate surface area is 98.1 Å². The lowest BCUT2D eigenvalue weighted by molar-refractivity contribution is -0.897. The number of piperidine rings is 1. The van der Waals surface area contributed by atoms with Crippen molar-refractivity contribution >= 4 is 5.97 Å². The van der Waals surface area contributed by atoms with E-state index in [0.717, 1.165) is 13.0 Å². The summed E-state index contributed by atoms with van der Waals surface area (Å²) >= 11 is 0. The summed E-state index contributed by atoms with van der Waals surface area (Å²) in [5, 5.41) is 0. The van der Waals surface area contributed by atoms with Crippen molar-refractivity contribution in [3.8, 4) is 11.8 Å². The van der Waals surface area contributed by atoms with Gasteiger partial charge in [-0.05, 0) is 31.6 Å². The minimum absolute atomic E-state index is 0.221. The molecule has 0 aromatic carbocycles. The van der Waals surface area contributed by atoms with Gasteiger partial charge in [0.25, 0.3) is 0 Å². The largest absolute Gasteiger partial charge is 0.449 e. The summed E-state index contributed by atoms with van der Waals surface area (Å²) < 4.78 is 5.07. The Kier molecular flexibility index (Phi) is 5.95. The molecule has 90 valence electrons. The van der Waals surface area contributed by atoms with Crippen LogP contribution in [-0.2, 0) is 9.53 Å². The maximum atomic E-state index is 10.8. The fourth-order valence-electron chi connectivity index (χ4n) is 1.93. The number of carbonyl (C=O) groups is 1. The van der Waals surface area contributed by atoms with Crippen LogP contribution in [0.25, 0.3) is 0 Å². The average molecular weight is 224 g/mol. The Balaban J connectivity index is 2.30. The van der Waals surface area contributed by atoms with E-state index in [1.54, 1.807) is 4.90 Å². The first-order valence-electron chi connectivity index (χ1n) is 6.21. The van der Waals surface area contributed by atoms with Gasteiger partial charge in [0.05, 0.1) is 13.1 Å². The molecular formula is C13H22NO2+. The monoisotopic (exact) mass is 224 g/mol. The second-order valence-electron chi connectivity index (χ2n) is 4.31. The highest BCUT2D eigenvalue weighted by atomic mass is 16.5. The van der Waals surface area contributed by atoms with Gasteiger partial charge in [0, 0.05) is 6.92 Å². The van der Waals surface area contributed by atoms with Gasteiger partial charge in [0.1, 0.15) is 6.54 Å². The van der Waals surface area contributed by atoms with Gasteiger partial charge in [-0.15, -0.1) is 0 Å². The van der Waals surface area contributed by atoms with Crippen molar-refractivity contribution in [1.82, 2.24) is 0 Å². The van der Waals surface area contributed by atoms with Crippen molar-refractivity contribution in [1.29, 1.82) is 0 Å². The molecule has 0 radical (unpaired) electrons. The van der Waals surface area contributed by atoms with Gasteiger partial charge in [-0.1, -0.05) is 12.8 Å². The number of esters is 1. The second kappa shape index (κ2) is 7.29. The first kappa shape index (κ1) is 13.1. The molecule has 0 aromatic heterocycles. The zero-order valence-electron chi connectivity index (χ0n) is 10.3. The van der Waals surface area contributed by atoms with Crippen LogP contribution in [0.4, 0.5) is 0 Å². The molecule has 1 aliphatic heterocycles. The standard InChI is InChI=1S/C13H21NO2/c1-3-13(16-12(2)15)8-7-11-14-9-5-4-6-10-14/h13H,3-6,9-11H2,1-2H3/p+1. The van der Waals surface area contributed by atoms with Crippen LogP contribution in [0.1, 0.15) is 39.5 Å². The molecule has 1 aliphatic rings. The van der Waals surface area contributed by atoms with E-state index in [1.165, 1.54) is 39.3 Å². The normalized spacial score (nSPS) is 18.4. The third kappa shape index (κ3) is 5.18. The summed E-state index contributed by atoms with van der Waals surface area (Å²) in [4.78, 5) is 12.3. The van der Waals surface area contributed by atoms with Gasteiger partial charge >= 0.3 is 5.97 Å². The van der Waals surface area contributed by atoms with Crippen LogP contribution in [0.2, 0.25) is 0 Å². The van der Waals surface area contributed by atoms with Gasteiger partial charge in [0.2, 0.25) is 0 Å². The summed E-state index contributed by atoms with van der Waals surface area (Å²) in [6.45, 7) is 6.77. The summed E-state index contributed by atoms with van der Waals surface area (Å²) in [7, 11) is 0. The van der Waals surface area contributed by atoms with Gasteiger partial charge in [-0.25, -0.2) is 0 Å². The van der Waals surface area contributed by atoms with Crippen molar-refractivity contribution in [2.45, 2.75) is 45.6 Å². The van der Waals surface area contributed by atoms with E-state index in [2.05, 4.69) is 11.8 Å². The van der Waals surface area contributed by atoms with Crippen molar-refractivity contribution in [3.05, 3.63) is 0 Å². The van der Waals surface area contributed by atoms with Crippen LogP contribution < -0.4 is 4.90 Å². The molecule has 0 spiro atoms. The molecule has 3 heteroatoms. The molecule has 1 saturated heterocycles. The summed E-state index contributed by atoms with van der Waals surface area (Å²) in [6, 6.07) is 0. The van der Waals surface area contributed by atoms with E-state index in [9.17, 15) is 4.79 Å². The molecule has 0 saturated carbocycles. The second-order valence-corrected chi connectivity index (χ2v) is 4.31. The molecule has 1 fully saturated rings. The van der Waals surface area contributed by atoms with Crippen molar-refractivity contribution < 1.29 is 14.4 Å². The minimum atomic E-state index is -0.244. The number of likely N-dealkylation sites (tertiary alicyclic amines) is 1. The highest BCUT2D eigenvalue weighted by Crippen LogP contribution is 1.96. The first-order chi connectivity index (χ1) is 7.72. The zero-order valence-corrected chi connectivity index (χ0v) is 10.3. The van der Waals surface area contributed by atoms with Crippen LogP contribution in [0.5, 0.6) is 0 Å². The van der Waals surface area contributed by atoms with E-state index < -0.39 is 0 Å². The topological polar surface area (TPSA) is 30.7 Å². The van der Waals surface area contributed by atoms with Crippen molar-refractivity contribution in [3.63, 3.8) is 0 Å². The molecule has 0 aromatic rings. The van der Waals surface area contributed by atoms with Crippen LogP contribution >= 0.6 is 0 Å². The lowest BCUT2D eigenvalue weighted by Crippen LogP contribution is -3.12. The number of carbonyl (C=O) groups excluding carboxylic acids is 1. The van der Waals surface area contributed by atoms with E-state index in [4.69, 9.17) is 4.74 Å². The Morgan fingerprint density at radius 1 is 1.38 bits per heavy atom. The van der Waals surface area contributed by atoms with Crippen LogP contribution in [-0.4, -0.2) is 31.7 Å². The molecule has 1 heterocycles. The Morgan fingerprint density at radius 2 is 2.06 bits per heavy atom. The molecule has 16 heavy (non-hydrogen) atoms. The van der Waals surface area contributed by atoms with Gasteiger partial charge in [-0.2, -0.15) is 0 Å². The molecule has 1 unspecified atom stereocenters. The smallest absolute Gasteiger partial charge is 0.303 e. The third-order valence-corrected chi connectivity index (χ3v) is 2.84. The predicted molar refractivity (Wildman–Crippen MR) is 63.0 cm³/mol. The first-order valence-corrected chi connectivity index (χ1v) is 6.21. The SMILES string of the molecule is CCC(C#CC[NH+]1CCCCC1)OC(C)=O. The minimum Gasteiger partial charge on any atom is -0.449 e. The third-order valence-electron chi connectivity index (χ3n) is 2.84. The number of quaternary nitrogens is 1. The molecular weight excluding hydrogens is 202 g/mol. The summed E-state index contributed by atoms with van der Waals surface area (Å²) in [5.41, 5.74) is 0. The van der Waals surface area contributed by atoms with Crippen molar-refractivity contribution in [2.75, 3.05) is 19.6 Å². The Morgan fingerprint density at radius 3 is 2.62 bits per heavy atom. The van der Waals surface area contributed by atoms with Crippen LogP contribution in [0.15, 0.2) is 0 Å². The number of hydrogen-bond acceptors (Lipinski definition) is 2. The fraction of sp³-hybridized carbons (Fsp3) is 0.769. The van der Waals surface area contributed by atoms with E-state index >= 15 is 0 Å². The average Bonchev–Trinajstić information content (AvgIpc) is 2.28. The number of hydrogen-bond donors (Lipinski definition) is 1. The molecule has 0 aliphatic carbocycles. The van der Waals surface area contributed by atoms with Crippen LogP contribution in [0, 0.1) is 11.8 Å². The quantitative estimate of drug-likeness (QED) is 0.556. The van der Waals surface area contributed by atoms with Crippen LogP contribution in [0.3, 0.4) is 0 Å². The summed E-state index contributed by atoms with van der Waals surface area (Å²) in [6.07, 6.45) is 4.54. The molecule has 0 bridgehead atoms. The molecule has 1 N–H and O–H groups in total. The highest BCUT2D eigenvalue weighted by molar-refractivity contribution is 5.66. The maximum Gasteiger partial charge on any atom is 0.303 e. The van der Waals surface area contributed by atoms with Gasteiger partial charge in [-0.3, -0.25) is 4.79 Å². The van der Waals surface area contributed by atoms with Crippen molar-refractivity contribution in [2.24, 2.45) is 0 Å². The van der Waals surface area contributed by atoms with E-state index in [0.29, 0.717) is 0 Å². The highest BCUT2D eigenvalue weighted by Gasteiger charge is 2.11. The number of nitrogens with one attached hydrogen (secondary N) is 1. The predicted octanol–water partition coefficient (Wildman–Crippen LogP) is 0.400. The van der Waals surface area contributed by atoms with Gasteiger partial charge < -0.3 is 9.64 Å². The zero-order chi connectivity index (χ0) is 11.8. The Hall–Kier alpha value is -1.01. The Bertz CT molecular complexity index is 271. The molecule has 0 amide bonds. The molecule has 1 rings (SSSR count).